The van der Waals surface area contributed by atoms with E-state index in [9.17, 15) is 32.7 Å². The summed E-state index contributed by atoms with van der Waals surface area (Å²) in [6.45, 7) is 5.82. The Morgan fingerprint density at radius 2 is 1.93 bits per heavy atom. The zero-order chi connectivity index (χ0) is 32.9. The van der Waals surface area contributed by atoms with Crippen molar-refractivity contribution in [2.75, 3.05) is 45.9 Å². The SMILES string of the molecule is CC1(C)OC(=O)N(CCc2csc(CN3CCC4(CC3)CN(C(=O)C(F)(F)F)CCO4)c2)C[C@@H](c2ccc(O)c3[nH]c(=O)sc23)O1. The number of carbonyl (C=O) groups is 2. The van der Waals surface area contributed by atoms with Crippen molar-refractivity contribution in [3.8, 4) is 5.75 Å². The van der Waals surface area contributed by atoms with Crippen LogP contribution in [0.4, 0.5) is 18.0 Å². The van der Waals surface area contributed by atoms with E-state index in [1.165, 1.54) is 6.07 Å². The average molecular weight is 685 g/mol. The van der Waals surface area contributed by atoms with Crippen molar-refractivity contribution < 1.29 is 42.1 Å². The number of morpholine rings is 1. The summed E-state index contributed by atoms with van der Waals surface area (Å²) in [5, 5.41) is 12.3. The van der Waals surface area contributed by atoms with Gasteiger partial charge in [0, 0.05) is 57.0 Å². The van der Waals surface area contributed by atoms with Crippen LogP contribution >= 0.6 is 22.7 Å². The van der Waals surface area contributed by atoms with Gasteiger partial charge in [-0.25, -0.2) is 4.79 Å². The number of H-pyrrole nitrogens is 1. The second-order valence-electron chi connectivity index (χ2n) is 12.4. The van der Waals surface area contributed by atoms with Crippen molar-refractivity contribution >= 4 is 44.9 Å². The fourth-order valence-electron chi connectivity index (χ4n) is 6.33. The van der Waals surface area contributed by atoms with E-state index in [4.69, 9.17) is 14.2 Å². The predicted octanol–water partition coefficient (Wildman–Crippen LogP) is 4.60. The molecule has 0 bridgehead atoms. The molecule has 3 aliphatic heterocycles. The van der Waals surface area contributed by atoms with Gasteiger partial charge in [-0.05, 0) is 42.3 Å². The Kier molecular flexibility index (Phi) is 8.86. The Balaban J connectivity index is 1.06. The van der Waals surface area contributed by atoms with Crippen LogP contribution in [0.3, 0.4) is 0 Å². The van der Waals surface area contributed by atoms with Crippen LogP contribution in [-0.4, -0.2) is 100 Å². The predicted molar refractivity (Wildman–Crippen MR) is 164 cm³/mol. The number of thiazole rings is 1. The van der Waals surface area contributed by atoms with Crippen LogP contribution in [0.1, 0.15) is 48.8 Å². The minimum atomic E-state index is -4.89. The number of aromatic nitrogens is 1. The van der Waals surface area contributed by atoms with Gasteiger partial charge in [-0.1, -0.05) is 17.4 Å². The number of hydrogen-bond acceptors (Lipinski definition) is 10. The van der Waals surface area contributed by atoms with Crippen molar-refractivity contribution in [3.63, 3.8) is 0 Å². The first-order valence-corrected chi connectivity index (χ1v) is 16.7. The molecule has 16 heteroatoms. The summed E-state index contributed by atoms with van der Waals surface area (Å²) >= 11 is 2.58. The van der Waals surface area contributed by atoms with Crippen molar-refractivity contribution in [3.05, 3.63) is 49.3 Å². The minimum absolute atomic E-state index is 0.0436. The maximum absolute atomic E-state index is 13.1. The second-order valence-corrected chi connectivity index (χ2v) is 14.4. The number of nitrogens with zero attached hydrogens (tertiary/aromatic N) is 3. The van der Waals surface area contributed by atoms with Gasteiger partial charge in [-0.2, -0.15) is 13.2 Å². The lowest BCUT2D eigenvalue weighted by Gasteiger charge is -2.47. The molecule has 2 N–H and O–H groups in total. The first-order chi connectivity index (χ1) is 21.7. The zero-order valence-electron chi connectivity index (χ0n) is 25.4. The van der Waals surface area contributed by atoms with Gasteiger partial charge in [0.2, 0.25) is 5.79 Å². The van der Waals surface area contributed by atoms with E-state index in [2.05, 4.69) is 16.0 Å². The highest BCUT2D eigenvalue weighted by atomic mass is 32.1. The van der Waals surface area contributed by atoms with Gasteiger partial charge in [-0.15, -0.1) is 11.3 Å². The van der Waals surface area contributed by atoms with Crippen LogP contribution < -0.4 is 4.87 Å². The maximum Gasteiger partial charge on any atom is 0.471 e. The largest absolute Gasteiger partial charge is 0.506 e. The molecule has 250 valence electrons. The number of cyclic esters (lactones) is 1. The number of amides is 2. The van der Waals surface area contributed by atoms with Gasteiger partial charge in [0.15, 0.2) is 0 Å². The van der Waals surface area contributed by atoms with E-state index >= 15 is 0 Å². The molecule has 0 aliphatic carbocycles. The molecule has 2 amide bonds. The van der Waals surface area contributed by atoms with E-state index in [1.807, 2.05) is 5.38 Å². The summed E-state index contributed by atoms with van der Waals surface area (Å²) in [5.74, 6) is -3.07. The monoisotopic (exact) mass is 684 g/mol. The summed E-state index contributed by atoms with van der Waals surface area (Å²) in [6, 6.07) is 5.29. The highest BCUT2D eigenvalue weighted by Gasteiger charge is 2.48. The standard InChI is InChI=1S/C30H35F3N4O7S2/c1-28(2)43-22(20-3-4-21(38)23-24(20)46-26(40)34-23)15-36(27(41)44-28)8-5-18-13-19(45-16-18)14-35-9-6-29(7-10-35)17-37(11-12-42-29)25(39)30(31,32)33/h3-4,13,16,22,38H,5-12,14-15,17H2,1-2H3,(H,34,40)/t22-/m0/s1. The molecule has 3 aliphatic rings. The highest BCUT2D eigenvalue weighted by Crippen LogP contribution is 2.38. The number of phenols is 1. The molecule has 1 atom stereocenters. The minimum Gasteiger partial charge on any atom is -0.506 e. The number of benzene rings is 1. The number of ether oxygens (including phenoxy) is 3. The fourth-order valence-corrected chi connectivity index (χ4v) is 8.21. The van der Waals surface area contributed by atoms with E-state index in [0.29, 0.717) is 61.2 Å². The highest BCUT2D eigenvalue weighted by molar-refractivity contribution is 7.16. The molecule has 5 heterocycles. The number of nitrogens with one attached hydrogen (secondary N) is 1. The Labute approximate surface area is 270 Å². The van der Waals surface area contributed by atoms with Gasteiger partial charge in [0.25, 0.3) is 0 Å². The summed E-state index contributed by atoms with van der Waals surface area (Å²) in [7, 11) is 0. The summed E-state index contributed by atoms with van der Waals surface area (Å²) in [4.78, 5) is 45.1. The van der Waals surface area contributed by atoms with E-state index in [-0.39, 0.29) is 36.9 Å². The van der Waals surface area contributed by atoms with Gasteiger partial charge in [0.1, 0.15) is 17.4 Å². The number of carbonyl (C=O) groups excluding carboxylic acids is 2. The number of hydrogen-bond donors (Lipinski definition) is 2. The molecule has 1 spiro atoms. The molecule has 1 aromatic carbocycles. The number of phenolic OH excluding ortho intramolecular Hbond substituents is 1. The lowest BCUT2D eigenvalue weighted by Crippen LogP contribution is -2.59. The molecule has 46 heavy (non-hydrogen) atoms. The normalized spacial score (nSPS) is 22.3. The van der Waals surface area contributed by atoms with Crippen LogP contribution in [0.5, 0.6) is 5.75 Å². The number of aromatic amines is 1. The molecule has 0 saturated carbocycles. The summed E-state index contributed by atoms with van der Waals surface area (Å²) in [5.41, 5.74) is 1.30. The number of aromatic hydroxyl groups is 1. The Bertz CT molecular complexity index is 1660. The Hall–Kier alpha value is -3.18. The van der Waals surface area contributed by atoms with Crippen molar-refractivity contribution in [1.82, 2.24) is 19.7 Å². The van der Waals surface area contributed by atoms with Gasteiger partial charge in [0.05, 0.1) is 30.0 Å². The van der Waals surface area contributed by atoms with E-state index in [0.717, 1.165) is 26.7 Å². The van der Waals surface area contributed by atoms with E-state index < -0.39 is 35.7 Å². The zero-order valence-corrected chi connectivity index (χ0v) is 27.0. The number of thiophene rings is 1. The van der Waals surface area contributed by atoms with E-state index in [1.54, 1.807) is 36.2 Å². The third-order valence-electron chi connectivity index (χ3n) is 8.64. The molecule has 11 nitrogen and oxygen atoms in total. The third-order valence-corrected chi connectivity index (χ3v) is 10.5. The molecule has 0 unspecified atom stereocenters. The summed E-state index contributed by atoms with van der Waals surface area (Å²) in [6.07, 6.45) is -4.36. The number of halogens is 3. The van der Waals surface area contributed by atoms with Gasteiger partial charge >= 0.3 is 23.0 Å². The number of likely N-dealkylation sites (tertiary alicyclic amines) is 1. The molecule has 3 fully saturated rings. The van der Waals surface area contributed by atoms with Crippen molar-refractivity contribution in [2.45, 2.75) is 63.3 Å². The average Bonchev–Trinajstić information content (AvgIpc) is 3.58. The van der Waals surface area contributed by atoms with Gasteiger partial charge in [-0.3, -0.25) is 14.5 Å². The first kappa shape index (κ1) is 32.7. The quantitative estimate of drug-likeness (QED) is 0.386. The van der Waals surface area contributed by atoms with Crippen molar-refractivity contribution in [1.29, 1.82) is 0 Å². The lowest BCUT2D eigenvalue weighted by atomic mass is 9.89. The molecule has 3 saturated heterocycles. The third kappa shape index (κ3) is 7.05. The molecule has 2 aromatic heterocycles. The molecule has 3 aromatic rings. The number of fused-ring (bicyclic) bond motifs is 1. The molecular formula is C30H35F3N4O7S2. The molecule has 6 rings (SSSR count). The summed E-state index contributed by atoms with van der Waals surface area (Å²) < 4.78 is 57.3. The van der Waals surface area contributed by atoms with Crippen LogP contribution in [0.25, 0.3) is 10.2 Å². The van der Waals surface area contributed by atoms with Gasteiger partial charge < -0.3 is 34.1 Å². The molecule has 0 radical (unpaired) electrons. The lowest BCUT2D eigenvalue weighted by molar-refractivity contribution is -0.200. The number of piperidine rings is 1. The van der Waals surface area contributed by atoms with Crippen LogP contribution in [0.2, 0.25) is 0 Å². The number of alkyl halides is 3. The maximum atomic E-state index is 13.1. The van der Waals surface area contributed by atoms with Crippen LogP contribution in [-0.2, 0) is 32.0 Å². The Morgan fingerprint density at radius 1 is 1.17 bits per heavy atom. The molecular weight excluding hydrogens is 649 g/mol. The topological polar surface area (TPSA) is 125 Å². The smallest absolute Gasteiger partial charge is 0.471 e. The van der Waals surface area contributed by atoms with Crippen molar-refractivity contribution in [2.24, 2.45) is 0 Å². The first-order valence-electron chi connectivity index (χ1n) is 15.0. The van der Waals surface area contributed by atoms with Crippen LogP contribution in [0, 0.1) is 0 Å². The fraction of sp³-hybridized carbons (Fsp3) is 0.567. The Morgan fingerprint density at radius 3 is 2.67 bits per heavy atom. The number of rotatable bonds is 6. The van der Waals surface area contributed by atoms with Crippen LogP contribution in [0.15, 0.2) is 28.4 Å². The second kappa shape index (κ2) is 12.4.